The highest BCUT2D eigenvalue weighted by atomic mass is 16.3. The molecule has 0 unspecified atom stereocenters. The monoisotopic (exact) mass is 225 g/mol. The SMILES string of the molecule is Cc1ccc2oc(-c3ccccc3N)nc2n1. The van der Waals surface area contributed by atoms with Gasteiger partial charge in [-0.2, -0.15) is 4.98 Å². The first-order chi connectivity index (χ1) is 8.24. The van der Waals surface area contributed by atoms with Crippen LogP contribution < -0.4 is 5.73 Å². The Hall–Kier alpha value is -2.36. The Morgan fingerprint density at radius 1 is 1.06 bits per heavy atom. The van der Waals surface area contributed by atoms with E-state index in [1.807, 2.05) is 43.3 Å². The van der Waals surface area contributed by atoms with Gasteiger partial charge >= 0.3 is 0 Å². The molecule has 0 atom stereocenters. The van der Waals surface area contributed by atoms with Gasteiger partial charge in [-0.25, -0.2) is 4.98 Å². The molecule has 84 valence electrons. The standard InChI is InChI=1S/C13H11N3O/c1-8-6-7-11-12(15-8)16-13(17-11)9-4-2-3-5-10(9)14/h2-7H,14H2,1H3. The summed E-state index contributed by atoms with van der Waals surface area (Å²) in [6, 6.07) is 11.2. The molecule has 0 amide bonds. The maximum Gasteiger partial charge on any atom is 0.230 e. The predicted octanol–water partition coefficient (Wildman–Crippen LogP) is 2.78. The second-order valence-corrected chi connectivity index (χ2v) is 3.88. The number of aryl methyl sites for hydroxylation is 1. The molecule has 0 aliphatic heterocycles. The third-order valence-electron chi connectivity index (χ3n) is 2.58. The molecule has 4 heteroatoms. The topological polar surface area (TPSA) is 64.9 Å². The molecule has 0 bridgehead atoms. The third-order valence-corrected chi connectivity index (χ3v) is 2.58. The summed E-state index contributed by atoms with van der Waals surface area (Å²) in [4.78, 5) is 8.65. The van der Waals surface area contributed by atoms with Gasteiger partial charge in [0.2, 0.25) is 5.89 Å². The summed E-state index contributed by atoms with van der Waals surface area (Å²) in [5.41, 5.74) is 9.53. The van der Waals surface area contributed by atoms with Crippen LogP contribution >= 0.6 is 0 Å². The van der Waals surface area contributed by atoms with E-state index in [2.05, 4.69) is 9.97 Å². The number of oxazole rings is 1. The van der Waals surface area contributed by atoms with Gasteiger partial charge in [-0.3, -0.25) is 0 Å². The number of aromatic nitrogens is 2. The van der Waals surface area contributed by atoms with Crippen molar-refractivity contribution in [1.82, 2.24) is 9.97 Å². The minimum absolute atomic E-state index is 0.510. The molecule has 2 N–H and O–H groups in total. The summed E-state index contributed by atoms with van der Waals surface area (Å²) in [5.74, 6) is 0.510. The Balaban J connectivity index is 2.22. The first-order valence-corrected chi connectivity index (χ1v) is 5.33. The summed E-state index contributed by atoms with van der Waals surface area (Å²) in [6.45, 7) is 1.92. The number of benzene rings is 1. The summed E-state index contributed by atoms with van der Waals surface area (Å²) < 4.78 is 5.64. The smallest absolute Gasteiger partial charge is 0.230 e. The highest BCUT2D eigenvalue weighted by Gasteiger charge is 2.11. The van der Waals surface area contributed by atoms with E-state index in [1.54, 1.807) is 0 Å². The molecule has 2 heterocycles. The summed E-state index contributed by atoms with van der Waals surface area (Å²) in [7, 11) is 0. The largest absolute Gasteiger partial charge is 0.434 e. The van der Waals surface area contributed by atoms with Gasteiger partial charge in [0, 0.05) is 11.4 Å². The highest BCUT2D eigenvalue weighted by molar-refractivity contribution is 5.77. The van der Waals surface area contributed by atoms with Crippen molar-refractivity contribution in [3.63, 3.8) is 0 Å². The zero-order valence-electron chi connectivity index (χ0n) is 9.34. The summed E-state index contributed by atoms with van der Waals surface area (Å²) in [5, 5.41) is 0. The maximum atomic E-state index is 5.88. The summed E-state index contributed by atoms with van der Waals surface area (Å²) >= 11 is 0. The average molecular weight is 225 g/mol. The van der Waals surface area contributed by atoms with E-state index in [-0.39, 0.29) is 0 Å². The van der Waals surface area contributed by atoms with E-state index in [0.29, 0.717) is 22.8 Å². The van der Waals surface area contributed by atoms with E-state index >= 15 is 0 Å². The minimum atomic E-state index is 0.510. The minimum Gasteiger partial charge on any atom is -0.434 e. The quantitative estimate of drug-likeness (QED) is 0.647. The van der Waals surface area contributed by atoms with Crippen LogP contribution in [0.4, 0.5) is 5.69 Å². The number of pyridine rings is 1. The van der Waals surface area contributed by atoms with Crippen LogP contribution in [0.5, 0.6) is 0 Å². The number of anilines is 1. The van der Waals surface area contributed by atoms with E-state index in [9.17, 15) is 0 Å². The number of hydrogen-bond acceptors (Lipinski definition) is 4. The number of fused-ring (bicyclic) bond motifs is 1. The lowest BCUT2D eigenvalue weighted by Gasteiger charge is -1.98. The van der Waals surface area contributed by atoms with Gasteiger partial charge in [0.25, 0.3) is 0 Å². The second-order valence-electron chi connectivity index (χ2n) is 3.88. The van der Waals surface area contributed by atoms with Gasteiger partial charge in [-0.15, -0.1) is 0 Å². The first kappa shape index (κ1) is 9.84. The lowest BCUT2D eigenvalue weighted by atomic mass is 10.2. The Kier molecular flexibility index (Phi) is 2.08. The normalized spacial score (nSPS) is 10.9. The van der Waals surface area contributed by atoms with Gasteiger partial charge in [0.05, 0.1) is 5.56 Å². The molecule has 3 aromatic rings. The van der Waals surface area contributed by atoms with Gasteiger partial charge < -0.3 is 10.2 Å². The van der Waals surface area contributed by atoms with Crippen molar-refractivity contribution in [2.45, 2.75) is 6.92 Å². The van der Waals surface area contributed by atoms with Crippen molar-refractivity contribution >= 4 is 16.9 Å². The molecule has 3 rings (SSSR count). The number of nitrogen functional groups attached to an aromatic ring is 1. The Morgan fingerprint density at radius 2 is 1.88 bits per heavy atom. The van der Waals surface area contributed by atoms with Crippen molar-refractivity contribution in [3.8, 4) is 11.5 Å². The molecular weight excluding hydrogens is 214 g/mol. The van der Waals surface area contributed by atoms with Crippen molar-refractivity contribution < 1.29 is 4.42 Å². The lowest BCUT2D eigenvalue weighted by molar-refractivity contribution is 0.620. The van der Waals surface area contributed by atoms with Gasteiger partial charge in [-0.05, 0) is 31.2 Å². The van der Waals surface area contributed by atoms with Crippen LogP contribution in [0.25, 0.3) is 22.7 Å². The number of rotatable bonds is 1. The number of nitrogens with zero attached hydrogens (tertiary/aromatic N) is 2. The number of para-hydroxylation sites is 1. The molecule has 0 fully saturated rings. The summed E-state index contributed by atoms with van der Waals surface area (Å²) in [6.07, 6.45) is 0. The van der Waals surface area contributed by atoms with E-state index in [0.717, 1.165) is 11.3 Å². The van der Waals surface area contributed by atoms with Gasteiger partial charge in [0.1, 0.15) is 0 Å². The molecule has 0 saturated carbocycles. The molecule has 4 nitrogen and oxygen atoms in total. The zero-order valence-corrected chi connectivity index (χ0v) is 9.34. The van der Waals surface area contributed by atoms with Crippen LogP contribution in [0.15, 0.2) is 40.8 Å². The van der Waals surface area contributed by atoms with Crippen LogP contribution in [-0.2, 0) is 0 Å². The molecule has 0 aliphatic carbocycles. The van der Waals surface area contributed by atoms with Crippen LogP contribution in [0, 0.1) is 6.92 Å². The van der Waals surface area contributed by atoms with Crippen LogP contribution in [-0.4, -0.2) is 9.97 Å². The van der Waals surface area contributed by atoms with E-state index in [1.165, 1.54) is 0 Å². The van der Waals surface area contributed by atoms with Gasteiger partial charge in [-0.1, -0.05) is 12.1 Å². The zero-order chi connectivity index (χ0) is 11.8. The maximum absolute atomic E-state index is 5.88. The second kappa shape index (κ2) is 3.59. The molecule has 0 saturated heterocycles. The molecule has 1 aromatic carbocycles. The molecule has 0 radical (unpaired) electrons. The van der Waals surface area contributed by atoms with Crippen LogP contribution in [0.1, 0.15) is 5.69 Å². The Bertz CT molecular complexity index is 688. The molecular formula is C13H11N3O. The molecule has 0 spiro atoms. The van der Waals surface area contributed by atoms with Crippen molar-refractivity contribution in [3.05, 3.63) is 42.1 Å². The van der Waals surface area contributed by atoms with Gasteiger partial charge in [0.15, 0.2) is 11.2 Å². The van der Waals surface area contributed by atoms with E-state index in [4.69, 9.17) is 10.2 Å². The number of nitrogens with two attached hydrogens (primary N) is 1. The number of hydrogen-bond donors (Lipinski definition) is 1. The van der Waals surface area contributed by atoms with Crippen LogP contribution in [0.3, 0.4) is 0 Å². The first-order valence-electron chi connectivity index (χ1n) is 5.33. The van der Waals surface area contributed by atoms with Crippen molar-refractivity contribution in [2.24, 2.45) is 0 Å². The Labute approximate surface area is 98.1 Å². The predicted molar refractivity (Wildman–Crippen MR) is 66.4 cm³/mol. The average Bonchev–Trinajstić information content (AvgIpc) is 2.72. The third kappa shape index (κ3) is 1.63. The van der Waals surface area contributed by atoms with E-state index < -0.39 is 0 Å². The molecule has 17 heavy (non-hydrogen) atoms. The lowest BCUT2D eigenvalue weighted by Crippen LogP contribution is -1.88. The fourth-order valence-electron chi connectivity index (χ4n) is 1.72. The van der Waals surface area contributed by atoms with Crippen molar-refractivity contribution in [2.75, 3.05) is 5.73 Å². The van der Waals surface area contributed by atoms with Crippen molar-refractivity contribution in [1.29, 1.82) is 0 Å². The van der Waals surface area contributed by atoms with Crippen LogP contribution in [0.2, 0.25) is 0 Å². The molecule has 0 aliphatic rings. The molecule has 2 aromatic heterocycles. The fourth-order valence-corrected chi connectivity index (χ4v) is 1.72. The fraction of sp³-hybridized carbons (Fsp3) is 0.0769. The highest BCUT2D eigenvalue weighted by Crippen LogP contribution is 2.27. The Morgan fingerprint density at radius 3 is 2.71 bits per heavy atom.